The number of hydrogen-bond donors (Lipinski definition) is 2. The zero-order chi connectivity index (χ0) is 21.9. The summed E-state index contributed by atoms with van der Waals surface area (Å²) in [5, 5.41) is 3.44. The van der Waals surface area contributed by atoms with E-state index in [1.165, 1.54) is 11.1 Å². The van der Waals surface area contributed by atoms with Gasteiger partial charge in [0.05, 0.1) is 6.54 Å². The van der Waals surface area contributed by atoms with Gasteiger partial charge >= 0.3 is 6.03 Å². The van der Waals surface area contributed by atoms with E-state index in [1.807, 2.05) is 11.8 Å². The van der Waals surface area contributed by atoms with Crippen LogP contribution in [0.25, 0.3) is 0 Å². The molecule has 1 atom stereocenters. The first-order chi connectivity index (χ1) is 14.2. The van der Waals surface area contributed by atoms with Crippen LogP contribution in [0.4, 0.5) is 4.79 Å². The van der Waals surface area contributed by atoms with Gasteiger partial charge in [0.1, 0.15) is 5.54 Å². The molecule has 2 heterocycles. The van der Waals surface area contributed by atoms with Crippen molar-refractivity contribution < 1.29 is 14.4 Å². The maximum absolute atomic E-state index is 12.4. The van der Waals surface area contributed by atoms with Crippen LogP contribution in [0.1, 0.15) is 51.2 Å². The number of carbonyl (C=O) groups excluding carboxylic acids is 3. The van der Waals surface area contributed by atoms with Gasteiger partial charge in [-0.15, -0.1) is 0 Å². The molecule has 2 N–H and O–H groups in total. The number of nitrogens with zero attached hydrogens (tertiary/aromatic N) is 3. The third-order valence-electron chi connectivity index (χ3n) is 6.09. The van der Waals surface area contributed by atoms with Crippen LogP contribution in [0.15, 0.2) is 24.3 Å². The minimum atomic E-state index is -0.955. The van der Waals surface area contributed by atoms with Gasteiger partial charge < -0.3 is 5.32 Å². The monoisotopic (exact) mass is 415 g/mol. The quantitative estimate of drug-likeness (QED) is 0.662. The molecule has 164 valence electrons. The summed E-state index contributed by atoms with van der Waals surface area (Å²) in [6.45, 7) is 12.2. The molecule has 0 spiro atoms. The number of piperazine rings is 1. The second kappa shape index (κ2) is 9.14. The first-order valence-corrected chi connectivity index (χ1v) is 10.7. The largest absolute Gasteiger partial charge is 0.344 e. The summed E-state index contributed by atoms with van der Waals surface area (Å²) < 4.78 is 0. The number of rotatable bonds is 7. The Morgan fingerprint density at radius 3 is 2.23 bits per heavy atom. The van der Waals surface area contributed by atoms with E-state index in [9.17, 15) is 14.4 Å². The Bertz CT molecular complexity index is 786. The minimum Gasteiger partial charge on any atom is -0.322 e. The molecule has 1 aromatic carbocycles. The number of nitrogens with one attached hydrogen (secondary N) is 2. The minimum absolute atomic E-state index is 0.164. The molecule has 1 aromatic rings. The maximum Gasteiger partial charge on any atom is 0.344 e. The van der Waals surface area contributed by atoms with Crippen LogP contribution < -0.4 is 10.7 Å². The predicted octanol–water partition coefficient (Wildman–Crippen LogP) is 1.68. The van der Waals surface area contributed by atoms with Gasteiger partial charge in [0.2, 0.25) is 0 Å². The van der Waals surface area contributed by atoms with Crippen LogP contribution in [0.2, 0.25) is 0 Å². The standard InChI is InChI=1S/C22H33N5O3/c1-5-22(4)20(29)27(21(30)23-22)24-19(28)15-26-12-10-25(11-13-26)14-17-6-8-18(9-7-17)16(2)3/h6-9,16H,5,10-15H2,1-4H3,(H,23,30)(H,24,28)/t22-/m0/s1. The molecule has 2 aliphatic heterocycles. The van der Waals surface area contributed by atoms with E-state index in [4.69, 9.17) is 0 Å². The van der Waals surface area contributed by atoms with Crippen LogP contribution in [0.5, 0.6) is 0 Å². The van der Waals surface area contributed by atoms with Crippen molar-refractivity contribution in [1.82, 2.24) is 25.6 Å². The van der Waals surface area contributed by atoms with Crippen LogP contribution in [0, 0.1) is 0 Å². The van der Waals surface area contributed by atoms with Gasteiger partial charge in [-0.1, -0.05) is 45.0 Å². The predicted molar refractivity (Wildman–Crippen MR) is 114 cm³/mol. The van der Waals surface area contributed by atoms with Crippen molar-refractivity contribution in [2.45, 2.75) is 52.1 Å². The second-order valence-corrected chi connectivity index (χ2v) is 8.74. The van der Waals surface area contributed by atoms with Gasteiger partial charge in [0.15, 0.2) is 0 Å². The molecule has 0 bridgehead atoms. The summed E-state index contributed by atoms with van der Waals surface area (Å²) in [7, 11) is 0. The Hall–Kier alpha value is -2.45. The number of hydrogen-bond acceptors (Lipinski definition) is 5. The molecule has 2 aliphatic rings. The summed E-state index contributed by atoms with van der Waals surface area (Å²) >= 11 is 0. The lowest BCUT2D eigenvalue weighted by molar-refractivity contribution is -0.139. The zero-order valence-corrected chi connectivity index (χ0v) is 18.4. The van der Waals surface area contributed by atoms with Crippen molar-refractivity contribution in [2.24, 2.45) is 0 Å². The topological polar surface area (TPSA) is 85.0 Å². The normalized spacial score (nSPS) is 23.2. The Balaban J connectivity index is 1.44. The van der Waals surface area contributed by atoms with E-state index in [-0.39, 0.29) is 12.5 Å². The Labute approximate surface area is 178 Å². The highest BCUT2D eigenvalue weighted by Crippen LogP contribution is 2.19. The van der Waals surface area contributed by atoms with Gasteiger partial charge in [0.25, 0.3) is 11.8 Å². The number of imide groups is 1. The maximum atomic E-state index is 12.4. The molecular weight excluding hydrogens is 382 g/mol. The van der Waals surface area contributed by atoms with E-state index in [0.717, 1.165) is 37.7 Å². The Kier molecular flexibility index (Phi) is 6.77. The summed E-state index contributed by atoms with van der Waals surface area (Å²) in [6.07, 6.45) is 0.464. The van der Waals surface area contributed by atoms with Crippen LogP contribution in [0.3, 0.4) is 0 Å². The molecule has 30 heavy (non-hydrogen) atoms. The summed E-state index contributed by atoms with van der Waals surface area (Å²) in [6, 6.07) is 8.19. The second-order valence-electron chi connectivity index (χ2n) is 8.74. The van der Waals surface area contributed by atoms with Crippen molar-refractivity contribution in [1.29, 1.82) is 0 Å². The van der Waals surface area contributed by atoms with E-state index < -0.39 is 17.5 Å². The van der Waals surface area contributed by atoms with Crippen molar-refractivity contribution in [3.05, 3.63) is 35.4 Å². The number of urea groups is 1. The van der Waals surface area contributed by atoms with Gasteiger partial charge in [-0.05, 0) is 30.4 Å². The van der Waals surface area contributed by atoms with Gasteiger partial charge in [-0.3, -0.25) is 24.8 Å². The lowest BCUT2D eigenvalue weighted by Gasteiger charge is -2.34. The number of carbonyl (C=O) groups is 3. The molecule has 0 radical (unpaired) electrons. The first kappa shape index (κ1) is 22.2. The first-order valence-electron chi connectivity index (χ1n) is 10.7. The molecule has 8 heteroatoms. The molecule has 3 rings (SSSR count). The smallest absolute Gasteiger partial charge is 0.322 e. The van der Waals surface area contributed by atoms with Crippen LogP contribution in [-0.2, 0) is 16.1 Å². The van der Waals surface area contributed by atoms with E-state index >= 15 is 0 Å². The fourth-order valence-electron chi connectivity index (χ4n) is 3.76. The van der Waals surface area contributed by atoms with E-state index in [0.29, 0.717) is 12.3 Å². The molecule has 4 amide bonds. The fourth-order valence-corrected chi connectivity index (χ4v) is 3.76. The lowest BCUT2D eigenvalue weighted by Crippen LogP contribution is -2.53. The van der Waals surface area contributed by atoms with Crippen molar-refractivity contribution >= 4 is 17.8 Å². The number of benzene rings is 1. The van der Waals surface area contributed by atoms with E-state index in [1.54, 1.807) is 6.92 Å². The average molecular weight is 416 g/mol. The van der Waals surface area contributed by atoms with Crippen LogP contribution in [-0.4, -0.2) is 70.9 Å². The molecule has 2 saturated heterocycles. The molecule has 8 nitrogen and oxygen atoms in total. The zero-order valence-electron chi connectivity index (χ0n) is 18.4. The summed E-state index contributed by atoms with van der Waals surface area (Å²) in [5.41, 5.74) is 4.14. The van der Waals surface area contributed by atoms with Gasteiger partial charge in [-0.2, -0.15) is 5.01 Å². The molecule has 0 aliphatic carbocycles. The Morgan fingerprint density at radius 1 is 1.10 bits per heavy atom. The highest BCUT2D eigenvalue weighted by Gasteiger charge is 2.47. The summed E-state index contributed by atoms with van der Waals surface area (Å²) in [4.78, 5) is 41.2. The SMILES string of the molecule is CC[C@]1(C)NC(=O)N(NC(=O)CN2CCN(Cc3ccc(C(C)C)cc3)CC2)C1=O. The average Bonchev–Trinajstić information content (AvgIpc) is 2.93. The fraction of sp³-hybridized carbons (Fsp3) is 0.591. The third kappa shape index (κ3) is 4.99. The Morgan fingerprint density at radius 2 is 1.70 bits per heavy atom. The highest BCUT2D eigenvalue weighted by molar-refractivity contribution is 6.07. The molecule has 0 aromatic heterocycles. The number of amides is 4. The number of hydrazine groups is 1. The van der Waals surface area contributed by atoms with Gasteiger partial charge in [0, 0.05) is 32.7 Å². The molecule has 0 saturated carbocycles. The van der Waals surface area contributed by atoms with Crippen molar-refractivity contribution in [3.63, 3.8) is 0 Å². The van der Waals surface area contributed by atoms with E-state index in [2.05, 4.69) is 53.8 Å². The van der Waals surface area contributed by atoms with Crippen molar-refractivity contribution in [3.8, 4) is 0 Å². The third-order valence-corrected chi connectivity index (χ3v) is 6.09. The summed E-state index contributed by atoms with van der Waals surface area (Å²) in [5.74, 6) is -0.236. The molecule has 2 fully saturated rings. The van der Waals surface area contributed by atoms with Crippen molar-refractivity contribution in [2.75, 3.05) is 32.7 Å². The molecular formula is C22H33N5O3. The highest BCUT2D eigenvalue weighted by atomic mass is 16.2. The molecule has 0 unspecified atom stereocenters. The van der Waals surface area contributed by atoms with Gasteiger partial charge in [-0.25, -0.2) is 4.79 Å². The lowest BCUT2D eigenvalue weighted by atomic mass is 10.00. The van der Waals surface area contributed by atoms with Crippen LogP contribution >= 0.6 is 0 Å².